The number of fused-ring (bicyclic) bond motifs is 3. The van der Waals surface area contributed by atoms with Crippen molar-refractivity contribution in [2.45, 2.75) is 25.8 Å². The molecule has 18 heavy (non-hydrogen) atoms. The van der Waals surface area contributed by atoms with Crippen molar-refractivity contribution >= 4 is 23.1 Å². The lowest BCUT2D eigenvalue weighted by atomic mass is 10.3. The van der Waals surface area contributed by atoms with Crippen molar-refractivity contribution in [3.05, 3.63) is 18.2 Å². The van der Waals surface area contributed by atoms with Gasteiger partial charge in [0.1, 0.15) is 12.2 Å². The highest BCUT2D eigenvalue weighted by Crippen LogP contribution is 2.27. The van der Waals surface area contributed by atoms with Gasteiger partial charge in [-0.1, -0.05) is 6.08 Å². The van der Waals surface area contributed by atoms with E-state index in [2.05, 4.69) is 31.6 Å². The van der Waals surface area contributed by atoms with Crippen LogP contribution in [0.1, 0.15) is 25.1 Å². The molecule has 5 heteroatoms. The van der Waals surface area contributed by atoms with Crippen molar-refractivity contribution in [1.82, 2.24) is 19.5 Å². The molecule has 1 fully saturated rings. The van der Waals surface area contributed by atoms with Gasteiger partial charge < -0.3 is 9.47 Å². The zero-order valence-corrected chi connectivity index (χ0v) is 10.2. The normalized spacial score (nSPS) is 18.6. The Kier molecular flexibility index (Phi) is 2.12. The summed E-state index contributed by atoms with van der Waals surface area (Å²) in [6, 6.07) is 0. The minimum absolute atomic E-state index is 0.959. The molecule has 5 nitrogen and oxygen atoms in total. The first-order valence-electron chi connectivity index (χ1n) is 6.56. The molecule has 2 aromatic heterocycles. The molecule has 0 amide bonds. The Morgan fingerprint density at radius 3 is 2.83 bits per heavy atom. The zero-order chi connectivity index (χ0) is 11.9. The molecule has 0 aliphatic carbocycles. The van der Waals surface area contributed by atoms with Crippen LogP contribution in [0.4, 0.5) is 5.82 Å². The molecule has 2 aromatic rings. The van der Waals surface area contributed by atoms with Crippen molar-refractivity contribution in [3.8, 4) is 0 Å². The predicted molar refractivity (Wildman–Crippen MR) is 70.4 cm³/mol. The smallest absolute Gasteiger partial charge is 0.165 e. The molecular formula is C13H15N5. The Balaban J connectivity index is 1.93. The fraction of sp³-hybridized carbons (Fsp3) is 0.462. The van der Waals surface area contributed by atoms with E-state index in [1.54, 1.807) is 6.33 Å². The maximum atomic E-state index is 4.71. The number of nitrogens with zero attached hydrogens (tertiary/aromatic N) is 5. The molecule has 0 spiro atoms. The first-order chi connectivity index (χ1) is 8.93. The van der Waals surface area contributed by atoms with E-state index in [9.17, 15) is 0 Å². The molecule has 92 valence electrons. The number of hydrogen-bond donors (Lipinski definition) is 0. The third-order valence-corrected chi connectivity index (χ3v) is 3.73. The summed E-state index contributed by atoms with van der Waals surface area (Å²) in [5.74, 6) is 2.02. The quantitative estimate of drug-likeness (QED) is 0.764. The molecule has 0 aromatic carbocycles. The molecule has 0 bridgehead atoms. The van der Waals surface area contributed by atoms with Crippen LogP contribution >= 0.6 is 0 Å². The molecular weight excluding hydrogens is 226 g/mol. The Morgan fingerprint density at radius 2 is 1.94 bits per heavy atom. The number of anilines is 1. The van der Waals surface area contributed by atoms with Crippen LogP contribution in [0.3, 0.4) is 0 Å². The van der Waals surface area contributed by atoms with Gasteiger partial charge in [-0.15, -0.1) is 0 Å². The van der Waals surface area contributed by atoms with E-state index in [-0.39, 0.29) is 0 Å². The van der Waals surface area contributed by atoms with E-state index in [1.165, 1.54) is 12.8 Å². The number of allylic oxidation sites excluding steroid dienone is 1. The lowest BCUT2D eigenvalue weighted by Gasteiger charge is -2.15. The molecule has 4 rings (SSSR count). The Labute approximate surface area is 105 Å². The lowest BCUT2D eigenvalue weighted by molar-refractivity contribution is 0.703. The molecule has 0 atom stereocenters. The highest BCUT2D eigenvalue weighted by Gasteiger charge is 2.21. The molecule has 2 aliphatic heterocycles. The lowest BCUT2D eigenvalue weighted by Crippen LogP contribution is -2.19. The fourth-order valence-corrected chi connectivity index (χ4v) is 2.84. The number of aryl methyl sites for hydroxylation is 1. The molecule has 2 aliphatic rings. The summed E-state index contributed by atoms with van der Waals surface area (Å²) in [5, 5.41) is 0. The zero-order valence-electron chi connectivity index (χ0n) is 10.2. The summed E-state index contributed by atoms with van der Waals surface area (Å²) in [7, 11) is 0. The summed E-state index contributed by atoms with van der Waals surface area (Å²) >= 11 is 0. The van der Waals surface area contributed by atoms with Gasteiger partial charge in [-0.25, -0.2) is 15.0 Å². The van der Waals surface area contributed by atoms with Crippen LogP contribution in [-0.2, 0) is 6.54 Å². The van der Waals surface area contributed by atoms with Gasteiger partial charge in [0.2, 0.25) is 0 Å². The largest absolute Gasteiger partial charge is 0.355 e. The maximum Gasteiger partial charge on any atom is 0.165 e. The van der Waals surface area contributed by atoms with Crippen LogP contribution in [0.15, 0.2) is 12.4 Å². The van der Waals surface area contributed by atoms with Crippen molar-refractivity contribution in [2.24, 2.45) is 0 Å². The van der Waals surface area contributed by atoms with Gasteiger partial charge in [0.25, 0.3) is 0 Å². The molecule has 0 N–H and O–H groups in total. The molecule has 0 unspecified atom stereocenters. The van der Waals surface area contributed by atoms with Gasteiger partial charge in [0.15, 0.2) is 17.0 Å². The standard InChI is InChI=1S/C13H15N5/c1-2-8-18-10(5-1)16-11-12(14-9-15-13(11)18)17-6-3-4-7-17/h1,5,9H,2-4,6-8H2. The van der Waals surface area contributed by atoms with Gasteiger partial charge >= 0.3 is 0 Å². The van der Waals surface area contributed by atoms with Crippen LogP contribution in [-0.4, -0.2) is 32.6 Å². The summed E-state index contributed by atoms with van der Waals surface area (Å²) in [6.07, 6.45) is 9.48. The highest BCUT2D eigenvalue weighted by molar-refractivity contribution is 5.85. The van der Waals surface area contributed by atoms with Crippen molar-refractivity contribution in [2.75, 3.05) is 18.0 Å². The second kappa shape index (κ2) is 3.80. The maximum absolute atomic E-state index is 4.71. The number of aromatic nitrogens is 4. The minimum atomic E-state index is 0.959. The fourth-order valence-electron chi connectivity index (χ4n) is 2.84. The summed E-state index contributed by atoms with van der Waals surface area (Å²) in [6.45, 7) is 3.15. The molecule has 0 saturated carbocycles. The van der Waals surface area contributed by atoms with E-state index in [1.807, 2.05) is 0 Å². The van der Waals surface area contributed by atoms with Gasteiger partial charge in [-0.3, -0.25) is 0 Å². The average molecular weight is 241 g/mol. The predicted octanol–water partition coefficient (Wildman–Crippen LogP) is 1.84. The molecule has 0 radical (unpaired) electrons. The van der Waals surface area contributed by atoms with Gasteiger partial charge in [-0.05, 0) is 25.3 Å². The van der Waals surface area contributed by atoms with E-state index in [4.69, 9.17) is 4.98 Å². The minimum Gasteiger partial charge on any atom is -0.355 e. The topological polar surface area (TPSA) is 46.8 Å². The second-order valence-corrected chi connectivity index (χ2v) is 4.88. The third kappa shape index (κ3) is 1.36. The Hall–Kier alpha value is -1.91. The first kappa shape index (κ1) is 10.1. The monoisotopic (exact) mass is 241 g/mol. The number of imidazole rings is 1. The third-order valence-electron chi connectivity index (χ3n) is 3.73. The number of hydrogen-bond acceptors (Lipinski definition) is 4. The summed E-state index contributed by atoms with van der Waals surface area (Å²) in [4.78, 5) is 15.9. The van der Waals surface area contributed by atoms with Gasteiger partial charge in [-0.2, -0.15) is 0 Å². The van der Waals surface area contributed by atoms with Crippen molar-refractivity contribution < 1.29 is 0 Å². The first-order valence-corrected chi connectivity index (χ1v) is 6.56. The highest BCUT2D eigenvalue weighted by atomic mass is 15.2. The van der Waals surface area contributed by atoms with Crippen LogP contribution in [0.2, 0.25) is 0 Å². The number of rotatable bonds is 1. The van der Waals surface area contributed by atoms with Crippen LogP contribution in [0.5, 0.6) is 0 Å². The second-order valence-electron chi connectivity index (χ2n) is 4.88. The SMILES string of the molecule is C1=Cc2nc3c(N4CCCC4)ncnc3n2CC1. The average Bonchev–Trinajstić information content (AvgIpc) is 3.05. The molecule has 4 heterocycles. The summed E-state index contributed by atoms with van der Waals surface area (Å²) < 4.78 is 2.19. The van der Waals surface area contributed by atoms with Crippen LogP contribution < -0.4 is 4.90 Å². The van der Waals surface area contributed by atoms with Crippen LogP contribution in [0, 0.1) is 0 Å². The summed E-state index contributed by atoms with van der Waals surface area (Å²) in [5.41, 5.74) is 1.94. The van der Waals surface area contributed by atoms with Crippen LogP contribution in [0.25, 0.3) is 17.2 Å². The van der Waals surface area contributed by atoms with E-state index in [0.717, 1.165) is 48.9 Å². The van der Waals surface area contributed by atoms with Gasteiger partial charge in [0, 0.05) is 19.6 Å². The van der Waals surface area contributed by atoms with Crippen molar-refractivity contribution in [3.63, 3.8) is 0 Å². The van der Waals surface area contributed by atoms with E-state index < -0.39 is 0 Å². The van der Waals surface area contributed by atoms with E-state index >= 15 is 0 Å². The van der Waals surface area contributed by atoms with E-state index in [0.29, 0.717) is 0 Å². The van der Waals surface area contributed by atoms with Gasteiger partial charge in [0.05, 0.1) is 0 Å². The Morgan fingerprint density at radius 1 is 1.06 bits per heavy atom. The molecule has 1 saturated heterocycles. The Bertz CT molecular complexity index is 622. The van der Waals surface area contributed by atoms with Crippen molar-refractivity contribution in [1.29, 1.82) is 0 Å².